The number of nitrogens with zero attached hydrogens (tertiary/aromatic N) is 2. The largest absolute Gasteiger partial charge is 0.456 e. The van der Waals surface area contributed by atoms with Gasteiger partial charge in [-0.2, -0.15) is 0 Å². The van der Waals surface area contributed by atoms with E-state index in [0.29, 0.717) is 0 Å². The Morgan fingerprint density at radius 1 is 0.591 bits per heavy atom. The van der Waals surface area contributed by atoms with Gasteiger partial charge >= 0.3 is 0 Å². The van der Waals surface area contributed by atoms with Gasteiger partial charge in [0.2, 0.25) is 0 Å². The van der Waals surface area contributed by atoms with Crippen LogP contribution in [0.4, 0.5) is 0 Å². The van der Waals surface area contributed by atoms with Crippen LogP contribution in [0.25, 0.3) is 49.4 Å². The topological polar surface area (TPSA) is 54.5 Å². The summed E-state index contributed by atoms with van der Waals surface area (Å²) in [6.45, 7) is 0. The number of nitrogens with one attached hydrogen (secondary N) is 2. The Labute approximate surface area is 254 Å². The molecule has 2 unspecified atom stereocenters. The van der Waals surface area contributed by atoms with Crippen LogP contribution in [0.1, 0.15) is 29.0 Å². The van der Waals surface area contributed by atoms with Crippen LogP contribution in [0.3, 0.4) is 0 Å². The minimum absolute atomic E-state index is 0.234. The number of amidine groups is 1. The van der Waals surface area contributed by atoms with Gasteiger partial charge in [0, 0.05) is 38.7 Å². The number of rotatable bonds is 4. The lowest BCUT2D eigenvalue weighted by Gasteiger charge is -2.32. The summed E-state index contributed by atoms with van der Waals surface area (Å²) in [5.74, 6) is 0.853. The molecule has 0 amide bonds. The molecule has 5 nitrogen and oxygen atoms in total. The van der Waals surface area contributed by atoms with E-state index in [0.717, 1.165) is 61.2 Å². The highest BCUT2D eigenvalue weighted by atomic mass is 16.3. The molecule has 210 valence electrons. The second kappa shape index (κ2) is 9.97. The van der Waals surface area contributed by atoms with Crippen molar-refractivity contribution in [2.75, 3.05) is 0 Å². The molecule has 5 heteroatoms. The van der Waals surface area contributed by atoms with Gasteiger partial charge < -0.3 is 14.3 Å². The summed E-state index contributed by atoms with van der Waals surface area (Å²) in [6, 6.07) is 50.8. The first-order valence-electron chi connectivity index (χ1n) is 15.0. The number of hydrogen-bond donors (Lipinski definition) is 2. The number of benzene rings is 6. The Morgan fingerprint density at radius 3 is 1.93 bits per heavy atom. The van der Waals surface area contributed by atoms with Crippen LogP contribution in [0.15, 0.2) is 155 Å². The second-order valence-electron chi connectivity index (χ2n) is 11.3. The van der Waals surface area contributed by atoms with Gasteiger partial charge in [-0.1, -0.05) is 115 Å². The summed E-state index contributed by atoms with van der Waals surface area (Å²) in [7, 11) is 0. The maximum absolute atomic E-state index is 6.57. The Bertz CT molecular complexity index is 2300. The predicted molar refractivity (Wildman–Crippen MR) is 179 cm³/mol. The Kier molecular flexibility index (Phi) is 5.64. The number of aliphatic imine (C=N–C) groups is 1. The monoisotopic (exact) mass is 568 g/mol. The van der Waals surface area contributed by atoms with Crippen LogP contribution in [0.5, 0.6) is 0 Å². The number of fused-ring (bicyclic) bond motifs is 6. The molecule has 9 rings (SSSR count). The highest BCUT2D eigenvalue weighted by Crippen LogP contribution is 2.39. The van der Waals surface area contributed by atoms with E-state index in [1.807, 2.05) is 24.3 Å². The minimum Gasteiger partial charge on any atom is -0.456 e. The molecule has 2 atom stereocenters. The van der Waals surface area contributed by atoms with E-state index >= 15 is 0 Å². The highest BCUT2D eigenvalue weighted by molar-refractivity contribution is 6.11. The quantitative estimate of drug-likeness (QED) is 0.223. The maximum atomic E-state index is 6.57. The van der Waals surface area contributed by atoms with Crippen LogP contribution >= 0.6 is 0 Å². The van der Waals surface area contributed by atoms with Gasteiger partial charge in [0.15, 0.2) is 0 Å². The fourth-order valence-corrected chi connectivity index (χ4v) is 6.70. The molecule has 6 aromatic carbocycles. The van der Waals surface area contributed by atoms with E-state index < -0.39 is 0 Å². The molecule has 0 radical (unpaired) electrons. The third-order valence-electron chi connectivity index (χ3n) is 8.67. The molecular formula is C39H28N4O. The van der Waals surface area contributed by atoms with E-state index in [1.54, 1.807) is 0 Å². The van der Waals surface area contributed by atoms with E-state index in [9.17, 15) is 0 Å². The van der Waals surface area contributed by atoms with Crippen molar-refractivity contribution >= 4 is 49.6 Å². The zero-order valence-electron chi connectivity index (χ0n) is 23.8. The SMILES string of the molecule is c1ccc(C2=NC(c3ccccc3)NC(c3cc(-n4c5ccccc5c5ccccc54)cc4oc5ccccc5c34)N2)cc1. The third kappa shape index (κ3) is 3.94. The van der Waals surface area contributed by atoms with E-state index in [4.69, 9.17) is 9.41 Å². The fourth-order valence-electron chi connectivity index (χ4n) is 6.70. The van der Waals surface area contributed by atoms with Crippen molar-refractivity contribution in [3.8, 4) is 5.69 Å². The van der Waals surface area contributed by atoms with Crippen molar-refractivity contribution in [3.05, 3.63) is 162 Å². The smallest absolute Gasteiger partial charge is 0.137 e. The molecule has 0 saturated heterocycles. The Hall–Kier alpha value is -5.65. The first-order chi connectivity index (χ1) is 21.8. The first kappa shape index (κ1) is 24.9. The predicted octanol–water partition coefficient (Wildman–Crippen LogP) is 9.02. The van der Waals surface area contributed by atoms with Gasteiger partial charge in [0.25, 0.3) is 0 Å². The van der Waals surface area contributed by atoms with Crippen molar-refractivity contribution in [2.45, 2.75) is 12.3 Å². The summed E-state index contributed by atoms with van der Waals surface area (Å²) < 4.78 is 8.92. The van der Waals surface area contributed by atoms with E-state index in [1.165, 1.54) is 10.8 Å². The molecule has 0 aliphatic carbocycles. The van der Waals surface area contributed by atoms with Crippen molar-refractivity contribution in [1.29, 1.82) is 0 Å². The molecule has 2 N–H and O–H groups in total. The van der Waals surface area contributed by atoms with Gasteiger partial charge in [-0.25, -0.2) is 4.99 Å². The molecule has 8 aromatic rings. The zero-order chi connectivity index (χ0) is 29.0. The van der Waals surface area contributed by atoms with Crippen LogP contribution in [-0.4, -0.2) is 10.4 Å². The van der Waals surface area contributed by atoms with Crippen molar-refractivity contribution < 1.29 is 4.42 Å². The average molecular weight is 569 g/mol. The highest BCUT2D eigenvalue weighted by Gasteiger charge is 2.29. The molecular weight excluding hydrogens is 540 g/mol. The normalized spacial score (nSPS) is 16.9. The summed E-state index contributed by atoms with van der Waals surface area (Å²) in [4.78, 5) is 5.15. The van der Waals surface area contributed by atoms with Gasteiger partial charge in [-0.15, -0.1) is 0 Å². The Morgan fingerprint density at radius 2 is 1.20 bits per heavy atom. The lowest BCUT2D eigenvalue weighted by atomic mass is 10.0. The van der Waals surface area contributed by atoms with Crippen LogP contribution < -0.4 is 10.6 Å². The first-order valence-corrected chi connectivity index (χ1v) is 15.0. The molecule has 1 aliphatic rings. The minimum atomic E-state index is -0.246. The molecule has 0 spiro atoms. The summed E-state index contributed by atoms with van der Waals surface area (Å²) in [6.07, 6.45) is -0.479. The van der Waals surface area contributed by atoms with Crippen molar-refractivity contribution in [2.24, 2.45) is 4.99 Å². The van der Waals surface area contributed by atoms with E-state index in [-0.39, 0.29) is 12.3 Å². The molecule has 1 aliphatic heterocycles. The lowest BCUT2D eigenvalue weighted by Crippen LogP contribution is -2.45. The number of para-hydroxylation sites is 3. The number of furan rings is 1. The number of aromatic nitrogens is 1. The second-order valence-corrected chi connectivity index (χ2v) is 11.3. The van der Waals surface area contributed by atoms with Gasteiger partial charge in [-0.3, -0.25) is 5.32 Å². The molecule has 0 fully saturated rings. The fraction of sp³-hybridized carbons (Fsp3) is 0.0513. The van der Waals surface area contributed by atoms with Crippen molar-refractivity contribution in [1.82, 2.24) is 15.2 Å². The van der Waals surface area contributed by atoms with E-state index in [2.05, 4.69) is 137 Å². The number of hydrogen-bond acceptors (Lipinski definition) is 4. The molecule has 0 bridgehead atoms. The Balaban J connectivity index is 1.31. The third-order valence-corrected chi connectivity index (χ3v) is 8.67. The standard InChI is InChI=1S/C39H28N4O/c1-3-13-25(14-4-1)37-40-38(26-15-5-2-6-16-26)42-39(41-37)31-23-27(24-35-36(31)30-19-9-12-22-34(30)44-35)43-32-20-10-7-17-28(32)29-18-8-11-21-33(29)43/h1-24,37,39,41H,(H,40,42). The molecule has 0 saturated carbocycles. The average Bonchev–Trinajstić information content (AvgIpc) is 3.64. The van der Waals surface area contributed by atoms with Crippen LogP contribution in [-0.2, 0) is 0 Å². The maximum Gasteiger partial charge on any atom is 0.137 e. The summed E-state index contributed by atoms with van der Waals surface area (Å²) >= 11 is 0. The van der Waals surface area contributed by atoms with Crippen LogP contribution in [0, 0.1) is 0 Å². The molecule has 2 aromatic heterocycles. The lowest BCUT2D eigenvalue weighted by molar-refractivity contribution is 0.411. The zero-order valence-corrected chi connectivity index (χ0v) is 23.8. The van der Waals surface area contributed by atoms with Crippen LogP contribution in [0.2, 0.25) is 0 Å². The summed E-state index contributed by atoms with van der Waals surface area (Å²) in [5.41, 5.74) is 8.36. The van der Waals surface area contributed by atoms with Gasteiger partial charge in [0.05, 0.1) is 16.7 Å². The van der Waals surface area contributed by atoms with Crippen molar-refractivity contribution in [3.63, 3.8) is 0 Å². The molecule has 3 heterocycles. The van der Waals surface area contributed by atoms with Gasteiger partial charge in [0.1, 0.15) is 29.3 Å². The van der Waals surface area contributed by atoms with Gasteiger partial charge in [-0.05, 0) is 29.8 Å². The summed E-state index contributed by atoms with van der Waals surface area (Å²) in [5, 5.41) is 12.2. The molecule has 44 heavy (non-hydrogen) atoms.